The van der Waals surface area contributed by atoms with Gasteiger partial charge in [0.2, 0.25) is 5.95 Å². The van der Waals surface area contributed by atoms with E-state index in [1.807, 2.05) is 48.0 Å². The Hall–Kier alpha value is -2.56. The van der Waals surface area contributed by atoms with Crippen LogP contribution in [0.25, 0.3) is 11.0 Å². The van der Waals surface area contributed by atoms with E-state index < -0.39 is 0 Å². The van der Waals surface area contributed by atoms with Gasteiger partial charge in [-0.1, -0.05) is 12.1 Å². The SMILES string of the molecule is CCOc1cccc2c1nc(N)n2Cc1cccnc1. The summed E-state index contributed by atoms with van der Waals surface area (Å²) in [5.41, 5.74) is 8.90. The molecule has 3 aromatic rings. The van der Waals surface area contributed by atoms with Crippen molar-refractivity contribution in [3.63, 3.8) is 0 Å². The van der Waals surface area contributed by atoms with Crippen LogP contribution in [0.4, 0.5) is 5.95 Å². The van der Waals surface area contributed by atoms with Gasteiger partial charge in [0.1, 0.15) is 11.3 Å². The summed E-state index contributed by atoms with van der Waals surface area (Å²) < 4.78 is 7.56. The van der Waals surface area contributed by atoms with Gasteiger partial charge >= 0.3 is 0 Å². The Morgan fingerprint density at radius 1 is 1.25 bits per heavy atom. The lowest BCUT2D eigenvalue weighted by Crippen LogP contribution is -2.04. The number of para-hydroxylation sites is 1. The Kier molecular flexibility index (Phi) is 3.25. The minimum Gasteiger partial charge on any atom is -0.492 e. The van der Waals surface area contributed by atoms with E-state index in [1.54, 1.807) is 6.20 Å². The van der Waals surface area contributed by atoms with Crippen LogP contribution >= 0.6 is 0 Å². The summed E-state index contributed by atoms with van der Waals surface area (Å²) in [4.78, 5) is 8.55. The van der Waals surface area contributed by atoms with Crippen LogP contribution in [0.1, 0.15) is 12.5 Å². The maximum absolute atomic E-state index is 6.04. The molecule has 2 N–H and O–H groups in total. The highest BCUT2D eigenvalue weighted by molar-refractivity contribution is 5.84. The van der Waals surface area contributed by atoms with Crippen molar-refractivity contribution in [3.8, 4) is 5.75 Å². The van der Waals surface area contributed by atoms with Gasteiger partial charge in [0.15, 0.2) is 0 Å². The van der Waals surface area contributed by atoms with Crippen molar-refractivity contribution >= 4 is 17.0 Å². The van der Waals surface area contributed by atoms with E-state index in [1.165, 1.54) is 0 Å². The first kappa shape index (κ1) is 12.5. The summed E-state index contributed by atoms with van der Waals surface area (Å²) in [5, 5.41) is 0. The van der Waals surface area contributed by atoms with E-state index in [0.29, 0.717) is 19.1 Å². The van der Waals surface area contributed by atoms with Gasteiger partial charge in [-0.25, -0.2) is 4.98 Å². The van der Waals surface area contributed by atoms with Crippen LogP contribution in [0, 0.1) is 0 Å². The number of aromatic nitrogens is 3. The molecule has 2 heterocycles. The molecule has 2 aromatic heterocycles. The van der Waals surface area contributed by atoms with Gasteiger partial charge in [-0.15, -0.1) is 0 Å². The molecular weight excluding hydrogens is 252 g/mol. The average Bonchev–Trinajstić information content (AvgIpc) is 2.78. The molecule has 5 nitrogen and oxygen atoms in total. The number of hydrogen-bond acceptors (Lipinski definition) is 4. The topological polar surface area (TPSA) is 66.0 Å². The van der Waals surface area contributed by atoms with Crippen molar-refractivity contribution in [3.05, 3.63) is 48.3 Å². The minimum absolute atomic E-state index is 0.482. The largest absolute Gasteiger partial charge is 0.492 e. The van der Waals surface area contributed by atoms with Crippen molar-refractivity contribution in [2.75, 3.05) is 12.3 Å². The molecule has 0 bridgehead atoms. The molecule has 3 rings (SSSR count). The van der Waals surface area contributed by atoms with Gasteiger partial charge < -0.3 is 15.0 Å². The zero-order valence-electron chi connectivity index (χ0n) is 11.3. The number of fused-ring (bicyclic) bond motifs is 1. The molecule has 0 atom stereocenters. The number of nitrogens with two attached hydrogens (primary N) is 1. The Morgan fingerprint density at radius 2 is 2.15 bits per heavy atom. The third-order valence-corrected chi connectivity index (χ3v) is 3.13. The molecule has 0 aliphatic heterocycles. The lowest BCUT2D eigenvalue weighted by Gasteiger charge is -2.07. The molecule has 20 heavy (non-hydrogen) atoms. The van der Waals surface area contributed by atoms with Crippen LogP contribution < -0.4 is 10.5 Å². The zero-order chi connectivity index (χ0) is 13.9. The van der Waals surface area contributed by atoms with Crippen molar-refractivity contribution < 1.29 is 4.74 Å². The van der Waals surface area contributed by atoms with Gasteiger partial charge in [0, 0.05) is 12.4 Å². The highest BCUT2D eigenvalue weighted by atomic mass is 16.5. The summed E-state index contributed by atoms with van der Waals surface area (Å²) in [6.45, 7) is 3.20. The van der Waals surface area contributed by atoms with Gasteiger partial charge in [0.05, 0.1) is 18.7 Å². The molecule has 0 unspecified atom stereocenters. The van der Waals surface area contributed by atoms with Crippen molar-refractivity contribution in [1.82, 2.24) is 14.5 Å². The number of hydrogen-bond donors (Lipinski definition) is 1. The number of ether oxygens (including phenoxy) is 1. The third-order valence-electron chi connectivity index (χ3n) is 3.13. The fourth-order valence-electron chi connectivity index (χ4n) is 2.25. The first-order valence-corrected chi connectivity index (χ1v) is 6.56. The highest BCUT2D eigenvalue weighted by Gasteiger charge is 2.12. The molecule has 0 fully saturated rings. The number of nitrogens with zero attached hydrogens (tertiary/aromatic N) is 3. The number of imidazole rings is 1. The van der Waals surface area contributed by atoms with E-state index in [4.69, 9.17) is 10.5 Å². The normalized spacial score (nSPS) is 10.8. The Bertz CT molecular complexity index is 721. The maximum atomic E-state index is 6.04. The summed E-state index contributed by atoms with van der Waals surface area (Å²) >= 11 is 0. The molecule has 5 heteroatoms. The molecule has 0 spiro atoms. The number of nitrogen functional groups attached to an aromatic ring is 1. The third kappa shape index (κ3) is 2.18. The highest BCUT2D eigenvalue weighted by Crippen LogP contribution is 2.27. The van der Waals surface area contributed by atoms with Gasteiger partial charge in [-0.05, 0) is 30.7 Å². The second-order valence-electron chi connectivity index (χ2n) is 4.47. The van der Waals surface area contributed by atoms with E-state index >= 15 is 0 Å². The van der Waals surface area contributed by atoms with Crippen LogP contribution in [0.5, 0.6) is 5.75 Å². The summed E-state index contributed by atoms with van der Waals surface area (Å²) in [7, 11) is 0. The first-order valence-electron chi connectivity index (χ1n) is 6.56. The van der Waals surface area contributed by atoms with E-state index in [-0.39, 0.29) is 0 Å². The molecule has 0 aliphatic carbocycles. The summed E-state index contributed by atoms with van der Waals surface area (Å²) in [6.07, 6.45) is 3.59. The quantitative estimate of drug-likeness (QED) is 0.789. The van der Waals surface area contributed by atoms with Crippen molar-refractivity contribution in [2.45, 2.75) is 13.5 Å². The summed E-state index contributed by atoms with van der Waals surface area (Å²) in [6, 6.07) is 9.79. The molecule has 0 amide bonds. The predicted molar refractivity (Wildman–Crippen MR) is 78.7 cm³/mol. The van der Waals surface area contributed by atoms with Crippen LogP contribution in [0.3, 0.4) is 0 Å². The smallest absolute Gasteiger partial charge is 0.201 e. The predicted octanol–water partition coefficient (Wildman–Crippen LogP) is 2.46. The van der Waals surface area contributed by atoms with Gasteiger partial charge in [-0.2, -0.15) is 0 Å². The Morgan fingerprint density at radius 3 is 2.90 bits per heavy atom. The van der Waals surface area contributed by atoms with Crippen molar-refractivity contribution in [1.29, 1.82) is 0 Å². The van der Waals surface area contributed by atoms with Gasteiger partial charge in [-0.3, -0.25) is 4.98 Å². The van der Waals surface area contributed by atoms with E-state index in [9.17, 15) is 0 Å². The molecule has 1 aromatic carbocycles. The molecular formula is C15H16N4O. The van der Waals surface area contributed by atoms with Crippen molar-refractivity contribution in [2.24, 2.45) is 0 Å². The monoisotopic (exact) mass is 268 g/mol. The molecule has 0 radical (unpaired) electrons. The summed E-state index contributed by atoms with van der Waals surface area (Å²) in [5.74, 6) is 1.25. The number of rotatable bonds is 4. The van der Waals surface area contributed by atoms with E-state index in [0.717, 1.165) is 22.3 Å². The second kappa shape index (κ2) is 5.21. The second-order valence-corrected chi connectivity index (χ2v) is 4.47. The van der Waals surface area contributed by atoms with Crippen LogP contribution in [0.2, 0.25) is 0 Å². The minimum atomic E-state index is 0.482. The molecule has 102 valence electrons. The fourth-order valence-corrected chi connectivity index (χ4v) is 2.25. The standard InChI is InChI=1S/C15H16N4O/c1-2-20-13-7-3-6-12-14(13)18-15(16)19(12)10-11-5-4-8-17-9-11/h3-9H,2,10H2,1H3,(H2,16,18). The number of benzene rings is 1. The zero-order valence-corrected chi connectivity index (χ0v) is 11.3. The molecule has 0 saturated carbocycles. The first-order chi connectivity index (χ1) is 9.79. The average molecular weight is 268 g/mol. The van der Waals surface area contributed by atoms with E-state index in [2.05, 4.69) is 9.97 Å². The molecule has 0 saturated heterocycles. The van der Waals surface area contributed by atoms with Crippen LogP contribution in [0.15, 0.2) is 42.7 Å². The lowest BCUT2D eigenvalue weighted by molar-refractivity contribution is 0.343. The fraction of sp³-hybridized carbons (Fsp3) is 0.200. The Balaban J connectivity index is 2.07. The number of anilines is 1. The molecule has 0 aliphatic rings. The van der Waals surface area contributed by atoms with Crippen LogP contribution in [-0.2, 0) is 6.54 Å². The number of pyridine rings is 1. The van der Waals surface area contributed by atoms with Gasteiger partial charge in [0.25, 0.3) is 0 Å². The van der Waals surface area contributed by atoms with Crippen LogP contribution in [-0.4, -0.2) is 21.1 Å². The lowest BCUT2D eigenvalue weighted by atomic mass is 10.2. The maximum Gasteiger partial charge on any atom is 0.201 e. The Labute approximate surface area is 117 Å².